The van der Waals surface area contributed by atoms with Crippen molar-refractivity contribution < 1.29 is 9.53 Å². The third kappa shape index (κ3) is 2.90. The molecule has 3 aromatic rings. The second-order valence-electron chi connectivity index (χ2n) is 4.28. The highest BCUT2D eigenvalue weighted by molar-refractivity contribution is 6.04. The van der Waals surface area contributed by atoms with E-state index in [1.165, 1.54) is 25.7 Å². The summed E-state index contributed by atoms with van der Waals surface area (Å²) in [5.41, 5.74) is 0.926. The Morgan fingerprint density at radius 3 is 2.73 bits per heavy atom. The van der Waals surface area contributed by atoms with Crippen LogP contribution in [0, 0.1) is 0 Å². The number of anilines is 1. The Morgan fingerprint density at radius 1 is 1.23 bits per heavy atom. The van der Waals surface area contributed by atoms with Crippen LogP contribution in [0.5, 0.6) is 5.88 Å². The van der Waals surface area contributed by atoms with Gasteiger partial charge in [-0.05, 0) is 6.07 Å². The molecular weight excluding hydrogens is 284 g/mol. The molecule has 0 aliphatic rings. The van der Waals surface area contributed by atoms with Crippen LogP contribution < -0.4 is 10.1 Å². The zero-order valence-electron chi connectivity index (χ0n) is 11.7. The second-order valence-corrected chi connectivity index (χ2v) is 4.28. The van der Waals surface area contributed by atoms with E-state index in [0.717, 1.165) is 0 Å². The highest BCUT2D eigenvalue weighted by Gasteiger charge is 2.08. The van der Waals surface area contributed by atoms with Crippen molar-refractivity contribution >= 4 is 11.6 Å². The van der Waals surface area contributed by atoms with Gasteiger partial charge in [-0.1, -0.05) is 0 Å². The van der Waals surface area contributed by atoms with Crippen LogP contribution in [0.25, 0.3) is 5.95 Å². The Hall–Kier alpha value is -3.29. The highest BCUT2D eigenvalue weighted by atomic mass is 16.5. The topological polar surface area (TPSA) is 94.8 Å². The van der Waals surface area contributed by atoms with Gasteiger partial charge in [-0.15, -0.1) is 0 Å². The molecule has 1 N–H and O–H groups in total. The minimum atomic E-state index is -0.292. The number of imidazole rings is 1. The van der Waals surface area contributed by atoms with Crippen molar-refractivity contribution in [2.45, 2.75) is 0 Å². The molecule has 0 aliphatic carbocycles. The molecular formula is C14H12N6O2. The molecule has 1 amide bonds. The van der Waals surface area contributed by atoms with Crippen molar-refractivity contribution in [3.8, 4) is 11.8 Å². The molecule has 0 radical (unpaired) electrons. The summed E-state index contributed by atoms with van der Waals surface area (Å²) >= 11 is 0. The maximum atomic E-state index is 12.1. The molecule has 0 spiro atoms. The van der Waals surface area contributed by atoms with Gasteiger partial charge in [-0.25, -0.2) is 19.9 Å². The van der Waals surface area contributed by atoms with E-state index in [2.05, 4.69) is 25.3 Å². The number of hydrogen-bond acceptors (Lipinski definition) is 6. The molecule has 0 atom stereocenters. The van der Waals surface area contributed by atoms with E-state index in [4.69, 9.17) is 4.74 Å². The number of amides is 1. The number of rotatable bonds is 4. The zero-order chi connectivity index (χ0) is 15.4. The minimum Gasteiger partial charge on any atom is -0.481 e. The summed E-state index contributed by atoms with van der Waals surface area (Å²) in [5.74, 6) is 0.556. The van der Waals surface area contributed by atoms with Gasteiger partial charge in [0.15, 0.2) is 0 Å². The number of nitrogens with zero attached hydrogens (tertiary/aromatic N) is 5. The predicted molar refractivity (Wildman–Crippen MR) is 77.9 cm³/mol. The van der Waals surface area contributed by atoms with E-state index >= 15 is 0 Å². The SMILES string of the molecule is COc1cc(C(=O)Nc2cnc(-n3ccnc3)nc2)ccn1. The molecule has 8 nitrogen and oxygen atoms in total. The van der Waals surface area contributed by atoms with Crippen LogP contribution in [0.3, 0.4) is 0 Å². The fourth-order valence-electron chi connectivity index (χ4n) is 1.76. The first-order chi connectivity index (χ1) is 10.8. The average molecular weight is 296 g/mol. The summed E-state index contributed by atoms with van der Waals surface area (Å²) < 4.78 is 6.65. The van der Waals surface area contributed by atoms with E-state index in [-0.39, 0.29) is 5.91 Å². The number of aromatic nitrogens is 5. The molecule has 110 valence electrons. The Bertz CT molecular complexity index is 770. The maximum Gasteiger partial charge on any atom is 0.255 e. The molecule has 22 heavy (non-hydrogen) atoms. The van der Waals surface area contributed by atoms with Crippen molar-refractivity contribution in [1.82, 2.24) is 24.5 Å². The van der Waals surface area contributed by atoms with Crippen LogP contribution in [0.4, 0.5) is 5.69 Å². The molecule has 3 heterocycles. The van der Waals surface area contributed by atoms with Crippen molar-refractivity contribution in [2.75, 3.05) is 12.4 Å². The molecule has 0 saturated carbocycles. The van der Waals surface area contributed by atoms with Gasteiger partial charge in [0.1, 0.15) is 6.33 Å². The summed E-state index contributed by atoms with van der Waals surface area (Å²) in [7, 11) is 1.49. The second kappa shape index (κ2) is 6.00. The van der Waals surface area contributed by atoms with Gasteiger partial charge in [0.2, 0.25) is 11.8 Å². The summed E-state index contributed by atoms with van der Waals surface area (Å²) in [6, 6.07) is 3.15. The largest absolute Gasteiger partial charge is 0.481 e. The number of carbonyl (C=O) groups is 1. The van der Waals surface area contributed by atoms with Crippen LogP contribution in [0.15, 0.2) is 49.4 Å². The fraction of sp³-hybridized carbons (Fsp3) is 0.0714. The van der Waals surface area contributed by atoms with Crippen LogP contribution in [0.2, 0.25) is 0 Å². The molecule has 0 unspecified atom stereocenters. The van der Waals surface area contributed by atoms with Gasteiger partial charge in [-0.3, -0.25) is 9.36 Å². The van der Waals surface area contributed by atoms with E-state index in [9.17, 15) is 4.79 Å². The third-order valence-corrected chi connectivity index (χ3v) is 2.84. The lowest BCUT2D eigenvalue weighted by Gasteiger charge is -2.06. The first-order valence-corrected chi connectivity index (χ1v) is 6.38. The number of hydrogen-bond donors (Lipinski definition) is 1. The number of pyridine rings is 1. The van der Waals surface area contributed by atoms with Crippen LogP contribution in [-0.2, 0) is 0 Å². The lowest BCUT2D eigenvalue weighted by Crippen LogP contribution is -2.13. The minimum absolute atomic E-state index is 0.292. The van der Waals surface area contributed by atoms with Crippen LogP contribution in [-0.4, -0.2) is 37.5 Å². The van der Waals surface area contributed by atoms with Crippen molar-refractivity contribution in [3.05, 3.63) is 55.0 Å². The maximum absolute atomic E-state index is 12.1. The molecule has 8 heteroatoms. The van der Waals surface area contributed by atoms with Gasteiger partial charge in [0.05, 0.1) is 25.2 Å². The standard InChI is InChI=1S/C14H12N6O2/c1-22-12-6-10(2-3-16-12)13(21)19-11-7-17-14(18-8-11)20-5-4-15-9-20/h2-9H,1H3,(H,19,21). The van der Waals surface area contributed by atoms with E-state index in [1.54, 1.807) is 35.4 Å². The molecule has 0 saturated heterocycles. The molecule has 0 aromatic carbocycles. The van der Waals surface area contributed by atoms with Gasteiger partial charge < -0.3 is 10.1 Å². The highest BCUT2D eigenvalue weighted by Crippen LogP contribution is 2.12. The molecule has 3 aromatic heterocycles. The Kier molecular flexibility index (Phi) is 3.73. The van der Waals surface area contributed by atoms with Crippen molar-refractivity contribution in [3.63, 3.8) is 0 Å². The average Bonchev–Trinajstić information content (AvgIpc) is 3.10. The molecule has 0 bridgehead atoms. The van der Waals surface area contributed by atoms with E-state index in [1.807, 2.05) is 0 Å². The zero-order valence-corrected chi connectivity index (χ0v) is 11.7. The van der Waals surface area contributed by atoms with E-state index < -0.39 is 0 Å². The number of methoxy groups -OCH3 is 1. The Morgan fingerprint density at radius 2 is 2.05 bits per heavy atom. The lowest BCUT2D eigenvalue weighted by atomic mass is 10.2. The number of carbonyl (C=O) groups excluding carboxylic acids is 1. The van der Waals surface area contributed by atoms with Crippen LogP contribution in [0.1, 0.15) is 10.4 Å². The number of nitrogens with one attached hydrogen (secondary N) is 1. The van der Waals surface area contributed by atoms with Gasteiger partial charge in [0, 0.05) is 30.2 Å². The summed E-state index contributed by atoms with van der Waals surface area (Å²) in [6.07, 6.45) is 9.52. The first-order valence-electron chi connectivity index (χ1n) is 6.38. The smallest absolute Gasteiger partial charge is 0.255 e. The van der Waals surface area contributed by atoms with Gasteiger partial charge in [0.25, 0.3) is 5.91 Å². The summed E-state index contributed by atoms with van der Waals surface area (Å²) in [5, 5.41) is 2.71. The summed E-state index contributed by atoms with van der Waals surface area (Å²) in [6.45, 7) is 0. The molecule has 0 aliphatic heterocycles. The quantitative estimate of drug-likeness (QED) is 0.780. The van der Waals surface area contributed by atoms with Crippen molar-refractivity contribution in [1.29, 1.82) is 0 Å². The fourth-order valence-corrected chi connectivity index (χ4v) is 1.76. The van der Waals surface area contributed by atoms with E-state index in [0.29, 0.717) is 23.1 Å². The first kappa shape index (κ1) is 13.7. The normalized spacial score (nSPS) is 10.2. The van der Waals surface area contributed by atoms with Crippen molar-refractivity contribution in [2.24, 2.45) is 0 Å². The predicted octanol–water partition coefficient (Wildman–Crippen LogP) is 1.32. The Labute approximate surface area is 125 Å². The molecule has 3 rings (SSSR count). The number of ether oxygens (including phenoxy) is 1. The monoisotopic (exact) mass is 296 g/mol. The van der Waals surface area contributed by atoms with Gasteiger partial charge >= 0.3 is 0 Å². The Balaban J connectivity index is 1.74. The van der Waals surface area contributed by atoms with Crippen LogP contribution >= 0.6 is 0 Å². The lowest BCUT2D eigenvalue weighted by molar-refractivity contribution is 0.102. The van der Waals surface area contributed by atoms with Gasteiger partial charge in [-0.2, -0.15) is 0 Å². The molecule has 0 fully saturated rings. The summed E-state index contributed by atoms with van der Waals surface area (Å²) in [4.78, 5) is 28.3. The third-order valence-electron chi connectivity index (χ3n) is 2.84.